The van der Waals surface area contributed by atoms with E-state index in [0.29, 0.717) is 6.54 Å². The van der Waals surface area contributed by atoms with Crippen LogP contribution in [0.2, 0.25) is 0 Å². The summed E-state index contributed by atoms with van der Waals surface area (Å²) in [6, 6.07) is 10.5. The summed E-state index contributed by atoms with van der Waals surface area (Å²) in [5.74, 6) is 0. The molecule has 1 aliphatic rings. The maximum absolute atomic E-state index is 11.8. The number of urea groups is 1. The Labute approximate surface area is 114 Å². The highest BCUT2D eigenvalue weighted by molar-refractivity contribution is 5.74. The average Bonchev–Trinajstić information content (AvgIpc) is 2.46. The molecule has 19 heavy (non-hydrogen) atoms. The average molecular weight is 259 g/mol. The molecule has 0 bridgehead atoms. The second kappa shape index (κ2) is 6.95. The molecule has 102 valence electrons. The minimum atomic E-state index is 0.0132. The quantitative estimate of drug-likeness (QED) is 0.835. The molecule has 1 aromatic rings. The van der Waals surface area contributed by atoms with Gasteiger partial charge in [-0.3, -0.25) is 4.90 Å². The van der Waals surface area contributed by atoms with Crippen LogP contribution in [0.4, 0.5) is 4.79 Å². The van der Waals surface area contributed by atoms with Crippen LogP contribution in [-0.2, 0) is 6.54 Å². The highest BCUT2D eigenvalue weighted by Crippen LogP contribution is 2.08. The highest BCUT2D eigenvalue weighted by Gasteiger charge is 2.20. The Kier molecular flexibility index (Phi) is 4.98. The van der Waals surface area contributed by atoms with Gasteiger partial charge < -0.3 is 10.2 Å². The zero-order valence-electron chi connectivity index (χ0n) is 11.2. The van der Waals surface area contributed by atoms with Gasteiger partial charge in [0.2, 0.25) is 0 Å². The Hall–Kier alpha value is -1.81. The number of piperazine rings is 1. The summed E-state index contributed by atoms with van der Waals surface area (Å²) in [5, 5.41) is 2.82. The van der Waals surface area contributed by atoms with Crippen LogP contribution in [0.15, 0.2) is 43.0 Å². The first kappa shape index (κ1) is 13.6. The minimum Gasteiger partial charge on any atom is -0.335 e. The number of amides is 2. The Balaban J connectivity index is 1.76. The summed E-state index contributed by atoms with van der Waals surface area (Å²) in [7, 11) is 0. The molecular formula is C15H21N3O. The summed E-state index contributed by atoms with van der Waals surface area (Å²) in [5.41, 5.74) is 1.33. The van der Waals surface area contributed by atoms with Crippen LogP contribution in [0, 0.1) is 0 Å². The van der Waals surface area contributed by atoms with E-state index in [1.807, 2.05) is 11.0 Å². The molecule has 0 aliphatic carbocycles. The number of nitrogens with one attached hydrogen (secondary N) is 1. The third-order valence-corrected chi connectivity index (χ3v) is 3.31. The van der Waals surface area contributed by atoms with Crippen LogP contribution in [0.1, 0.15) is 5.56 Å². The summed E-state index contributed by atoms with van der Waals surface area (Å²) in [6.07, 6.45) is 1.70. The van der Waals surface area contributed by atoms with Crippen LogP contribution < -0.4 is 5.32 Å². The molecule has 0 saturated carbocycles. The van der Waals surface area contributed by atoms with Crippen LogP contribution in [0.3, 0.4) is 0 Å². The lowest BCUT2D eigenvalue weighted by atomic mass is 10.2. The van der Waals surface area contributed by atoms with E-state index in [-0.39, 0.29) is 6.03 Å². The van der Waals surface area contributed by atoms with Crippen LogP contribution in [0.25, 0.3) is 0 Å². The summed E-state index contributed by atoms with van der Waals surface area (Å²) < 4.78 is 0. The fourth-order valence-corrected chi connectivity index (χ4v) is 2.22. The third-order valence-electron chi connectivity index (χ3n) is 3.31. The predicted molar refractivity (Wildman–Crippen MR) is 76.9 cm³/mol. The number of hydrogen-bond donors (Lipinski definition) is 1. The van der Waals surface area contributed by atoms with Gasteiger partial charge >= 0.3 is 6.03 Å². The van der Waals surface area contributed by atoms with Gasteiger partial charge in [0, 0.05) is 39.3 Å². The van der Waals surface area contributed by atoms with Crippen molar-refractivity contribution >= 4 is 6.03 Å². The van der Waals surface area contributed by atoms with Crippen molar-refractivity contribution in [1.29, 1.82) is 0 Å². The Morgan fingerprint density at radius 2 is 1.89 bits per heavy atom. The second-order valence-electron chi connectivity index (χ2n) is 4.72. The molecule has 1 N–H and O–H groups in total. The van der Waals surface area contributed by atoms with Crippen molar-refractivity contribution in [2.24, 2.45) is 0 Å². The molecule has 0 aromatic heterocycles. The third kappa shape index (κ3) is 4.10. The SMILES string of the molecule is C=CCNC(=O)N1CCN(Cc2ccccc2)CC1. The molecular weight excluding hydrogens is 238 g/mol. The molecule has 0 radical (unpaired) electrons. The molecule has 1 fully saturated rings. The topological polar surface area (TPSA) is 35.6 Å². The second-order valence-corrected chi connectivity index (χ2v) is 4.72. The maximum atomic E-state index is 11.8. The van der Waals surface area contributed by atoms with Crippen molar-refractivity contribution in [1.82, 2.24) is 15.1 Å². The number of carbonyl (C=O) groups is 1. The van der Waals surface area contributed by atoms with Gasteiger partial charge in [-0.15, -0.1) is 6.58 Å². The summed E-state index contributed by atoms with van der Waals surface area (Å²) in [4.78, 5) is 16.0. The molecule has 1 heterocycles. The first-order chi connectivity index (χ1) is 9.29. The van der Waals surface area contributed by atoms with Crippen molar-refractivity contribution in [3.05, 3.63) is 48.6 Å². The van der Waals surface area contributed by atoms with Gasteiger partial charge in [-0.1, -0.05) is 36.4 Å². The number of carbonyl (C=O) groups excluding carboxylic acids is 1. The maximum Gasteiger partial charge on any atom is 0.317 e. The molecule has 1 aliphatic heterocycles. The fraction of sp³-hybridized carbons (Fsp3) is 0.400. The van der Waals surface area contributed by atoms with E-state index in [4.69, 9.17) is 0 Å². The normalized spacial score (nSPS) is 16.1. The molecule has 2 rings (SSSR count). The van der Waals surface area contributed by atoms with Gasteiger partial charge in [0.05, 0.1) is 0 Å². The van der Waals surface area contributed by atoms with E-state index in [9.17, 15) is 4.79 Å². The van der Waals surface area contributed by atoms with Crippen molar-refractivity contribution in [3.63, 3.8) is 0 Å². The number of hydrogen-bond acceptors (Lipinski definition) is 2. The fourth-order valence-electron chi connectivity index (χ4n) is 2.22. The summed E-state index contributed by atoms with van der Waals surface area (Å²) in [6.45, 7) is 8.52. The molecule has 4 nitrogen and oxygen atoms in total. The number of nitrogens with zero attached hydrogens (tertiary/aromatic N) is 2. The van der Waals surface area contributed by atoms with Gasteiger partial charge in [-0.25, -0.2) is 4.79 Å². The molecule has 1 saturated heterocycles. The number of rotatable bonds is 4. The van der Waals surface area contributed by atoms with Crippen LogP contribution in [0.5, 0.6) is 0 Å². The zero-order chi connectivity index (χ0) is 13.5. The molecule has 2 amide bonds. The standard InChI is InChI=1S/C15H21N3O/c1-2-8-16-15(19)18-11-9-17(10-12-18)13-14-6-4-3-5-7-14/h2-7H,1,8-13H2,(H,16,19). The van der Waals surface area contributed by atoms with E-state index in [2.05, 4.69) is 41.1 Å². The lowest BCUT2D eigenvalue weighted by Crippen LogP contribution is -2.51. The largest absolute Gasteiger partial charge is 0.335 e. The van der Waals surface area contributed by atoms with Gasteiger partial charge in [-0.05, 0) is 5.56 Å². The first-order valence-corrected chi connectivity index (χ1v) is 6.69. The monoisotopic (exact) mass is 259 g/mol. The molecule has 4 heteroatoms. The van der Waals surface area contributed by atoms with Gasteiger partial charge in [-0.2, -0.15) is 0 Å². The Morgan fingerprint density at radius 1 is 1.21 bits per heavy atom. The van der Waals surface area contributed by atoms with Crippen molar-refractivity contribution < 1.29 is 4.79 Å². The first-order valence-electron chi connectivity index (χ1n) is 6.69. The Bertz CT molecular complexity index is 411. The lowest BCUT2D eigenvalue weighted by molar-refractivity contribution is 0.136. The van der Waals surface area contributed by atoms with Crippen molar-refractivity contribution in [3.8, 4) is 0 Å². The van der Waals surface area contributed by atoms with E-state index >= 15 is 0 Å². The predicted octanol–water partition coefficient (Wildman–Crippen LogP) is 1.70. The van der Waals surface area contributed by atoms with Crippen molar-refractivity contribution in [2.45, 2.75) is 6.54 Å². The molecule has 1 aromatic carbocycles. The van der Waals surface area contributed by atoms with E-state index < -0.39 is 0 Å². The number of benzene rings is 1. The smallest absolute Gasteiger partial charge is 0.317 e. The minimum absolute atomic E-state index is 0.0132. The molecule has 0 unspecified atom stereocenters. The zero-order valence-corrected chi connectivity index (χ0v) is 11.2. The van der Waals surface area contributed by atoms with Crippen LogP contribution in [-0.4, -0.2) is 48.6 Å². The van der Waals surface area contributed by atoms with Gasteiger partial charge in [0.1, 0.15) is 0 Å². The Morgan fingerprint density at radius 3 is 2.53 bits per heavy atom. The van der Waals surface area contributed by atoms with E-state index in [0.717, 1.165) is 32.7 Å². The van der Waals surface area contributed by atoms with Crippen molar-refractivity contribution in [2.75, 3.05) is 32.7 Å². The molecule has 0 atom stereocenters. The molecule has 0 spiro atoms. The van der Waals surface area contributed by atoms with Gasteiger partial charge in [0.15, 0.2) is 0 Å². The van der Waals surface area contributed by atoms with Crippen LogP contribution >= 0.6 is 0 Å². The highest BCUT2D eigenvalue weighted by atomic mass is 16.2. The lowest BCUT2D eigenvalue weighted by Gasteiger charge is -2.34. The summed E-state index contributed by atoms with van der Waals surface area (Å²) >= 11 is 0. The van der Waals surface area contributed by atoms with E-state index in [1.165, 1.54) is 5.56 Å². The van der Waals surface area contributed by atoms with E-state index in [1.54, 1.807) is 6.08 Å². The van der Waals surface area contributed by atoms with Gasteiger partial charge in [0.25, 0.3) is 0 Å².